The van der Waals surface area contributed by atoms with Gasteiger partial charge < -0.3 is 10.1 Å². The van der Waals surface area contributed by atoms with Gasteiger partial charge in [0.2, 0.25) is 0 Å². The van der Waals surface area contributed by atoms with Gasteiger partial charge in [-0.2, -0.15) is 0 Å². The minimum Gasteiger partial charge on any atom is -0.497 e. The fraction of sp³-hybridized carbons (Fsp3) is 0.375. The zero-order valence-corrected chi connectivity index (χ0v) is 12.0. The van der Waals surface area contributed by atoms with Crippen LogP contribution < -0.4 is 10.1 Å². The first-order valence-electron chi connectivity index (χ1n) is 6.96. The third-order valence-electron chi connectivity index (χ3n) is 3.22. The van der Waals surface area contributed by atoms with Crippen molar-refractivity contribution in [3.8, 4) is 5.75 Å². The predicted octanol–water partition coefficient (Wildman–Crippen LogP) is 3.16. The number of nitrogens with one attached hydrogen (secondary N) is 1. The molecule has 20 heavy (non-hydrogen) atoms. The molecule has 1 aromatic carbocycles. The molecule has 0 atom stereocenters. The maximum Gasteiger partial charge on any atom is 0.252 e. The van der Waals surface area contributed by atoms with Gasteiger partial charge in [-0.3, -0.25) is 9.78 Å². The van der Waals surface area contributed by atoms with E-state index in [0.717, 1.165) is 35.9 Å². The maximum absolute atomic E-state index is 12.0. The second kappa shape index (κ2) is 6.89. The van der Waals surface area contributed by atoms with Gasteiger partial charge in [-0.05, 0) is 30.7 Å². The topological polar surface area (TPSA) is 51.2 Å². The molecule has 1 amide bonds. The first kappa shape index (κ1) is 14.3. The lowest BCUT2D eigenvalue weighted by atomic mass is 10.1. The van der Waals surface area contributed by atoms with Crippen LogP contribution in [0.15, 0.2) is 30.5 Å². The van der Waals surface area contributed by atoms with Crippen molar-refractivity contribution in [1.29, 1.82) is 0 Å². The fourth-order valence-corrected chi connectivity index (χ4v) is 2.04. The van der Waals surface area contributed by atoms with Crippen LogP contribution in [0.5, 0.6) is 5.75 Å². The fourth-order valence-electron chi connectivity index (χ4n) is 2.04. The molecular formula is C16H20N2O2. The standard InChI is InChI=1S/C16H20N2O2/c1-3-4-5-8-17-16(19)13-9-12-10-14(20-2)6-7-15(12)18-11-13/h6-7,9-11H,3-5,8H2,1-2H3,(H,17,19). The second-order valence-electron chi connectivity index (χ2n) is 4.75. The molecule has 2 aromatic rings. The number of ether oxygens (including phenoxy) is 1. The van der Waals surface area contributed by atoms with Crippen LogP contribution >= 0.6 is 0 Å². The number of unbranched alkanes of at least 4 members (excludes halogenated alkanes) is 2. The third kappa shape index (κ3) is 3.47. The Morgan fingerprint density at radius 2 is 2.15 bits per heavy atom. The van der Waals surface area contributed by atoms with E-state index in [1.165, 1.54) is 0 Å². The zero-order chi connectivity index (χ0) is 14.4. The van der Waals surface area contributed by atoms with Crippen molar-refractivity contribution in [1.82, 2.24) is 10.3 Å². The first-order valence-corrected chi connectivity index (χ1v) is 6.96. The lowest BCUT2D eigenvalue weighted by Crippen LogP contribution is -2.24. The van der Waals surface area contributed by atoms with E-state index in [0.29, 0.717) is 12.1 Å². The van der Waals surface area contributed by atoms with Gasteiger partial charge in [-0.1, -0.05) is 19.8 Å². The molecule has 106 valence electrons. The Kier molecular flexibility index (Phi) is 4.93. The Hall–Kier alpha value is -2.10. The molecule has 4 nitrogen and oxygen atoms in total. The van der Waals surface area contributed by atoms with Gasteiger partial charge in [0, 0.05) is 18.1 Å². The van der Waals surface area contributed by atoms with Gasteiger partial charge in [0.15, 0.2) is 0 Å². The largest absolute Gasteiger partial charge is 0.497 e. The Bertz CT molecular complexity index is 596. The SMILES string of the molecule is CCCCCNC(=O)c1cnc2ccc(OC)cc2c1. The van der Waals surface area contributed by atoms with E-state index < -0.39 is 0 Å². The van der Waals surface area contributed by atoms with E-state index in [-0.39, 0.29) is 5.91 Å². The number of benzene rings is 1. The van der Waals surface area contributed by atoms with Crippen molar-refractivity contribution in [2.45, 2.75) is 26.2 Å². The molecule has 1 N–H and O–H groups in total. The van der Waals surface area contributed by atoms with E-state index in [1.807, 2.05) is 24.3 Å². The van der Waals surface area contributed by atoms with Crippen molar-refractivity contribution in [3.63, 3.8) is 0 Å². The molecule has 0 saturated carbocycles. The van der Waals surface area contributed by atoms with Gasteiger partial charge in [0.25, 0.3) is 5.91 Å². The summed E-state index contributed by atoms with van der Waals surface area (Å²) < 4.78 is 5.19. The Morgan fingerprint density at radius 1 is 1.30 bits per heavy atom. The van der Waals surface area contributed by atoms with Crippen LogP contribution in [0.4, 0.5) is 0 Å². The monoisotopic (exact) mass is 272 g/mol. The van der Waals surface area contributed by atoms with Crippen LogP contribution in [-0.4, -0.2) is 24.5 Å². The molecule has 0 fully saturated rings. The summed E-state index contributed by atoms with van der Waals surface area (Å²) in [4.78, 5) is 16.3. The summed E-state index contributed by atoms with van der Waals surface area (Å²) in [6.07, 6.45) is 4.90. The Morgan fingerprint density at radius 3 is 2.90 bits per heavy atom. The number of hydrogen-bond acceptors (Lipinski definition) is 3. The van der Waals surface area contributed by atoms with Crippen molar-refractivity contribution >= 4 is 16.8 Å². The summed E-state index contributed by atoms with van der Waals surface area (Å²) in [5, 5.41) is 3.82. The average Bonchev–Trinajstić information content (AvgIpc) is 2.50. The molecule has 0 aliphatic heterocycles. The van der Waals surface area contributed by atoms with Crippen molar-refractivity contribution in [2.24, 2.45) is 0 Å². The summed E-state index contributed by atoms with van der Waals surface area (Å²) in [6.45, 7) is 2.85. The molecule has 0 saturated heterocycles. The molecule has 0 unspecified atom stereocenters. The maximum atomic E-state index is 12.0. The second-order valence-corrected chi connectivity index (χ2v) is 4.75. The quantitative estimate of drug-likeness (QED) is 0.822. The van der Waals surface area contributed by atoms with E-state index in [4.69, 9.17) is 4.74 Å². The molecule has 0 aliphatic rings. The van der Waals surface area contributed by atoms with Crippen LogP contribution in [0.1, 0.15) is 36.5 Å². The zero-order valence-electron chi connectivity index (χ0n) is 12.0. The van der Waals surface area contributed by atoms with Gasteiger partial charge in [0.05, 0.1) is 18.2 Å². The summed E-state index contributed by atoms with van der Waals surface area (Å²) >= 11 is 0. The lowest BCUT2D eigenvalue weighted by Gasteiger charge is -2.06. The first-order chi connectivity index (χ1) is 9.74. The summed E-state index contributed by atoms with van der Waals surface area (Å²) in [5.74, 6) is 0.693. The molecule has 0 spiro atoms. The van der Waals surface area contributed by atoms with Crippen molar-refractivity contribution < 1.29 is 9.53 Å². The average molecular weight is 272 g/mol. The summed E-state index contributed by atoms with van der Waals surface area (Å²) in [6, 6.07) is 7.48. The number of rotatable bonds is 6. The van der Waals surface area contributed by atoms with E-state index in [2.05, 4.69) is 17.2 Å². The number of amides is 1. The number of pyridine rings is 1. The number of hydrogen-bond donors (Lipinski definition) is 1. The van der Waals surface area contributed by atoms with Crippen LogP contribution in [-0.2, 0) is 0 Å². The van der Waals surface area contributed by atoms with Crippen molar-refractivity contribution in [2.75, 3.05) is 13.7 Å². The van der Waals surface area contributed by atoms with Crippen LogP contribution in [0.25, 0.3) is 10.9 Å². The number of nitrogens with zero attached hydrogens (tertiary/aromatic N) is 1. The number of aromatic nitrogens is 1. The minimum atomic E-state index is -0.0710. The molecule has 1 aromatic heterocycles. The van der Waals surface area contributed by atoms with E-state index >= 15 is 0 Å². The van der Waals surface area contributed by atoms with Gasteiger partial charge >= 0.3 is 0 Å². The lowest BCUT2D eigenvalue weighted by molar-refractivity contribution is 0.0953. The highest BCUT2D eigenvalue weighted by molar-refractivity contribution is 5.97. The molecule has 2 rings (SSSR count). The molecule has 0 aliphatic carbocycles. The minimum absolute atomic E-state index is 0.0710. The molecule has 4 heteroatoms. The molecule has 0 radical (unpaired) electrons. The number of methoxy groups -OCH3 is 1. The Labute approximate surface area is 119 Å². The van der Waals surface area contributed by atoms with Gasteiger partial charge in [-0.25, -0.2) is 0 Å². The molecule has 1 heterocycles. The highest BCUT2D eigenvalue weighted by Gasteiger charge is 2.07. The molecular weight excluding hydrogens is 252 g/mol. The third-order valence-corrected chi connectivity index (χ3v) is 3.22. The highest BCUT2D eigenvalue weighted by atomic mass is 16.5. The number of carbonyl (C=O) groups is 1. The normalized spacial score (nSPS) is 10.5. The van der Waals surface area contributed by atoms with Crippen LogP contribution in [0.3, 0.4) is 0 Å². The number of carbonyl (C=O) groups excluding carboxylic acids is 1. The van der Waals surface area contributed by atoms with Crippen LogP contribution in [0, 0.1) is 0 Å². The van der Waals surface area contributed by atoms with Crippen molar-refractivity contribution in [3.05, 3.63) is 36.0 Å². The van der Waals surface area contributed by atoms with E-state index in [1.54, 1.807) is 13.3 Å². The van der Waals surface area contributed by atoms with Gasteiger partial charge in [-0.15, -0.1) is 0 Å². The number of fused-ring (bicyclic) bond motifs is 1. The van der Waals surface area contributed by atoms with E-state index in [9.17, 15) is 4.79 Å². The van der Waals surface area contributed by atoms with Gasteiger partial charge in [0.1, 0.15) is 5.75 Å². The summed E-state index contributed by atoms with van der Waals surface area (Å²) in [7, 11) is 1.62. The highest BCUT2D eigenvalue weighted by Crippen LogP contribution is 2.19. The Balaban J connectivity index is 2.11. The van der Waals surface area contributed by atoms with Crippen LogP contribution in [0.2, 0.25) is 0 Å². The smallest absolute Gasteiger partial charge is 0.252 e. The predicted molar refractivity (Wildman–Crippen MR) is 80.2 cm³/mol. The summed E-state index contributed by atoms with van der Waals surface area (Å²) in [5.41, 5.74) is 1.44. The molecule has 0 bridgehead atoms.